The second-order valence-electron chi connectivity index (χ2n) is 5.88. The van der Waals surface area contributed by atoms with Gasteiger partial charge in [-0.1, -0.05) is 43.2 Å². The van der Waals surface area contributed by atoms with Crippen LogP contribution in [0.3, 0.4) is 0 Å². The standard InChI is InChI=1S/C16H24N2O/c1-13(17)15(19)18-12-16(9-5-6-10-16)11-14-7-3-2-4-8-14/h2-4,7-8,13H,5-6,9-12,17H2,1H3,(H,18,19). The Bertz CT molecular complexity index is 408. The predicted octanol–water partition coefficient (Wildman–Crippen LogP) is 2.25. The fraction of sp³-hybridized carbons (Fsp3) is 0.562. The number of carbonyl (C=O) groups excluding carboxylic acids is 1. The topological polar surface area (TPSA) is 55.1 Å². The van der Waals surface area contributed by atoms with Gasteiger partial charge >= 0.3 is 0 Å². The van der Waals surface area contributed by atoms with Crippen LogP contribution in [0.2, 0.25) is 0 Å². The van der Waals surface area contributed by atoms with E-state index in [1.807, 2.05) is 6.07 Å². The first-order valence-corrected chi connectivity index (χ1v) is 7.19. The van der Waals surface area contributed by atoms with Gasteiger partial charge in [-0.15, -0.1) is 0 Å². The van der Waals surface area contributed by atoms with Crippen molar-refractivity contribution in [1.82, 2.24) is 5.32 Å². The highest BCUT2D eigenvalue weighted by molar-refractivity contribution is 5.80. The van der Waals surface area contributed by atoms with Crippen molar-refractivity contribution in [2.24, 2.45) is 11.1 Å². The summed E-state index contributed by atoms with van der Waals surface area (Å²) in [5.74, 6) is -0.0423. The van der Waals surface area contributed by atoms with Gasteiger partial charge in [0, 0.05) is 6.54 Å². The number of rotatable bonds is 5. The Kier molecular flexibility index (Phi) is 4.59. The molecule has 0 bridgehead atoms. The van der Waals surface area contributed by atoms with Gasteiger partial charge in [-0.2, -0.15) is 0 Å². The molecule has 2 rings (SSSR count). The molecule has 0 saturated heterocycles. The van der Waals surface area contributed by atoms with E-state index in [-0.39, 0.29) is 11.3 Å². The Morgan fingerprint density at radius 1 is 1.32 bits per heavy atom. The number of nitrogens with one attached hydrogen (secondary N) is 1. The molecule has 0 aliphatic heterocycles. The Hall–Kier alpha value is -1.35. The van der Waals surface area contributed by atoms with Gasteiger partial charge in [0.2, 0.25) is 5.91 Å². The number of nitrogens with two attached hydrogens (primary N) is 1. The van der Waals surface area contributed by atoms with E-state index in [0.717, 1.165) is 13.0 Å². The van der Waals surface area contributed by atoms with Crippen LogP contribution in [-0.4, -0.2) is 18.5 Å². The summed E-state index contributed by atoms with van der Waals surface area (Å²) in [4.78, 5) is 11.7. The molecule has 1 aromatic rings. The number of hydrogen-bond acceptors (Lipinski definition) is 2. The summed E-state index contributed by atoms with van der Waals surface area (Å²) in [5, 5.41) is 3.02. The number of carbonyl (C=O) groups is 1. The van der Waals surface area contributed by atoms with Gasteiger partial charge in [-0.05, 0) is 37.2 Å². The van der Waals surface area contributed by atoms with Crippen molar-refractivity contribution in [3.63, 3.8) is 0 Å². The molecule has 0 aromatic heterocycles. The summed E-state index contributed by atoms with van der Waals surface area (Å²) in [7, 11) is 0. The minimum absolute atomic E-state index is 0.0423. The second kappa shape index (κ2) is 6.20. The molecule has 1 aliphatic carbocycles. The molecule has 104 valence electrons. The average molecular weight is 260 g/mol. The van der Waals surface area contributed by atoms with Gasteiger partial charge in [-0.3, -0.25) is 4.79 Å². The first kappa shape index (κ1) is 14.1. The smallest absolute Gasteiger partial charge is 0.236 e. The molecule has 0 radical (unpaired) electrons. The Morgan fingerprint density at radius 3 is 2.53 bits per heavy atom. The van der Waals surface area contributed by atoms with E-state index < -0.39 is 6.04 Å². The largest absolute Gasteiger partial charge is 0.354 e. The third-order valence-corrected chi connectivity index (χ3v) is 4.14. The minimum atomic E-state index is -0.421. The summed E-state index contributed by atoms with van der Waals surface area (Å²) in [5.41, 5.74) is 7.19. The van der Waals surface area contributed by atoms with Crippen LogP contribution in [0.1, 0.15) is 38.2 Å². The van der Waals surface area contributed by atoms with Gasteiger partial charge in [-0.25, -0.2) is 0 Å². The normalized spacial score (nSPS) is 19.1. The first-order chi connectivity index (χ1) is 9.11. The molecule has 1 amide bonds. The van der Waals surface area contributed by atoms with E-state index in [9.17, 15) is 4.79 Å². The summed E-state index contributed by atoms with van der Waals surface area (Å²) in [6, 6.07) is 10.1. The maximum absolute atomic E-state index is 11.7. The zero-order valence-electron chi connectivity index (χ0n) is 11.7. The minimum Gasteiger partial charge on any atom is -0.354 e. The van der Waals surface area contributed by atoms with Gasteiger partial charge in [0.1, 0.15) is 0 Å². The lowest BCUT2D eigenvalue weighted by atomic mass is 9.80. The Labute approximate surface area is 115 Å². The van der Waals surface area contributed by atoms with Crippen molar-refractivity contribution in [1.29, 1.82) is 0 Å². The van der Waals surface area contributed by atoms with Crippen molar-refractivity contribution in [2.45, 2.75) is 45.1 Å². The summed E-state index contributed by atoms with van der Waals surface area (Å²) in [6.07, 6.45) is 5.97. The molecule has 0 spiro atoms. The molecule has 1 saturated carbocycles. The quantitative estimate of drug-likeness (QED) is 0.853. The van der Waals surface area contributed by atoms with Crippen molar-refractivity contribution < 1.29 is 4.79 Å². The first-order valence-electron chi connectivity index (χ1n) is 7.19. The van der Waals surface area contributed by atoms with E-state index in [4.69, 9.17) is 5.73 Å². The predicted molar refractivity (Wildman–Crippen MR) is 77.7 cm³/mol. The highest BCUT2D eigenvalue weighted by Crippen LogP contribution is 2.40. The molecule has 1 fully saturated rings. The van der Waals surface area contributed by atoms with Gasteiger partial charge in [0.05, 0.1) is 6.04 Å². The van der Waals surface area contributed by atoms with Gasteiger partial charge < -0.3 is 11.1 Å². The van der Waals surface area contributed by atoms with Crippen molar-refractivity contribution >= 4 is 5.91 Å². The lowest BCUT2D eigenvalue weighted by molar-refractivity contribution is -0.122. The van der Waals surface area contributed by atoms with Crippen LogP contribution >= 0.6 is 0 Å². The molecule has 0 heterocycles. The third-order valence-electron chi connectivity index (χ3n) is 4.14. The fourth-order valence-electron chi connectivity index (χ4n) is 3.01. The van der Waals surface area contributed by atoms with E-state index in [2.05, 4.69) is 29.6 Å². The Morgan fingerprint density at radius 2 is 1.95 bits per heavy atom. The number of hydrogen-bond donors (Lipinski definition) is 2. The summed E-state index contributed by atoms with van der Waals surface area (Å²) in [6.45, 7) is 2.48. The molecule has 1 aliphatic rings. The molecule has 1 aromatic carbocycles. The van der Waals surface area contributed by atoms with Crippen LogP contribution in [0.25, 0.3) is 0 Å². The SMILES string of the molecule is CC(N)C(=O)NCC1(Cc2ccccc2)CCCC1. The maximum Gasteiger partial charge on any atom is 0.236 e. The van der Waals surface area contributed by atoms with Crippen molar-refractivity contribution in [2.75, 3.05) is 6.54 Å². The zero-order chi connectivity index (χ0) is 13.7. The van der Waals surface area contributed by atoms with E-state index in [1.165, 1.54) is 31.2 Å². The third kappa shape index (κ3) is 3.80. The average Bonchev–Trinajstić information content (AvgIpc) is 2.86. The fourth-order valence-corrected chi connectivity index (χ4v) is 3.01. The van der Waals surface area contributed by atoms with E-state index in [1.54, 1.807) is 6.92 Å². The van der Waals surface area contributed by atoms with Crippen LogP contribution in [-0.2, 0) is 11.2 Å². The van der Waals surface area contributed by atoms with Gasteiger partial charge in [0.15, 0.2) is 0 Å². The number of amides is 1. The molecule has 3 nitrogen and oxygen atoms in total. The lowest BCUT2D eigenvalue weighted by Gasteiger charge is -2.30. The highest BCUT2D eigenvalue weighted by atomic mass is 16.2. The monoisotopic (exact) mass is 260 g/mol. The van der Waals surface area contributed by atoms with Crippen molar-refractivity contribution in [3.05, 3.63) is 35.9 Å². The maximum atomic E-state index is 11.7. The lowest BCUT2D eigenvalue weighted by Crippen LogP contribution is -2.44. The zero-order valence-corrected chi connectivity index (χ0v) is 11.7. The Balaban J connectivity index is 2.00. The molecule has 3 heteroatoms. The molecular formula is C16H24N2O. The van der Waals surface area contributed by atoms with E-state index in [0.29, 0.717) is 0 Å². The molecule has 3 N–H and O–H groups in total. The van der Waals surface area contributed by atoms with Crippen LogP contribution in [0.5, 0.6) is 0 Å². The van der Waals surface area contributed by atoms with E-state index >= 15 is 0 Å². The second-order valence-corrected chi connectivity index (χ2v) is 5.88. The van der Waals surface area contributed by atoms with Crippen LogP contribution in [0.4, 0.5) is 0 Å². The summed E-state index contributed by atoms with van der Waals surface area (Å²) >= 11 is 0. The van der Waals surface area contributed by atoms with Crippen LogP contribution < -0.4 is 11.1 Å². The van der Waals surface area contributed by atoms with Gasteiger partial charge in [0.25, 0.3) is 0 Å². The molecular weight excluding hydrogens is 236 g/mol. The highest BCUT2D eigenvalue weighted by Gasteiger charge is 2.34. The van der Waals surface area contributed by atoms with Crippen LogP contribution in [0.15, 0.2) is 30.3 Å². The molecule has 1 unspecified atom stereocenters. The summed E-state index contributed by atoms with van der Waals surface area (Å²) < 4.78 is 0. The number of benzene rings is 1. The molecule has 1 atom stereocenters. The molecule has 19 heavy (non-hydrogen) atoms. The van der Waals surface area contributed by atoms with Crippen LogP contribution in [0, 0.1) is 5.41 Å². The van der Waals surface area contributed by atoms with Crippen molar-refractivity contribution in [3.8, 4) is 0 Å².